The number of halogens is 1. The van der Waals surface area contributed by atoms with E-state index in [1.807, 2.05) is 38.1 Å². The lowest BCUT2D eigenvalue weighted by molar-refractivity contribution is 0.0980. The summed E-state index contributed by atoms with van der Waals surface area (Å²) in [6, 6.07) is 8.90. The number of rotatable bonds is 4. The van der Waals surface area contributed by atoms with Crippen LogP contribution in [0.2, 0.25) is 5.15 Å². The van der Waals surface area contributed by atoms with E-state index >= 15 is 0 Å². The van der Waals surface area contributed by atoms with Crippen molar-refractivity contribution < 1.29 is 9.59 Å². The second kappa shape index (κ2) is 12.8. The highest BCUT2D eigenvalue weighted by Crippen LogP contribution is 2.18. The van der Waals surface area contributed by atoms with Gasteiger partial charge in [0.15, 0.2) is 0 Å². The zero-order chi connectivity index (χ0) is 31.3. The average molecular weight is 593 g/mol. The fraction of sp³-hybridized carbons (Fsp3) is 0.133. The van der Waals surface area contributed by atoms with E-state index in [4.69, 9.17) is 29.5 Å². The standard InChI is InChI=1S/C17H13ClN6O.C13H12N4O/c1-10-3-5-13(8-20-10)24-11(2)14(23-17(24)16(19)25)6-4-12-7-15(18)22-9-21-12;1-4-11-9(3)17(13(16-11)12(14)18)10-6-5-8(2)15-7-10/h3,5,7-9H,1-2H3,(H2,19,25);1,5-7H,2-3H3,(H2,14,18). The number of amides is 2. The van der Waals surface area contributed by atoms with Gasteiger partial charge >= 0.3 is 0 Å². The van der Waals surface area contributed by atoms with Crippen molar-refractivity contribution in [1.29, 1.82) is 0 Å². The summed E-state index contributed by atoms with van der Waals surface area (Å²) in [6.45, 7) is 7.35. The summed E-state index contributed by atoms with van der Waals surface area (Å²) >= 11 is 5.81. The minimum atomic E-state index is -0.651. The Morgan fingerprint density at radius 1 is 0.767 bits per heavy atom. The highest BCUT2D eigenvalue weighted by atomic mass is 35.5. The molecule has 5 aromatic heterocycles. The van der Waals surface area contributed by atoms with Gasteiger partial charge in [0, 0.05) is 17.5 Å². The normalized spacial score (nSPS) is 10.1. The highest BCUT2D eigenvalue weighted by molar-refractivity contribution is 6.29. The molecule has 13 heteroatoms. The summed E-state index contributed by atoms with van der Waals surface area (Å²) in [5.74, 6) is 7.11. The van der Waals surface area contributed by atoms with E-state index in [1.165, 1.54) is 6.33 Å². The van der Waals surface area contributed by atoms with Gasteiger partial charge in [0.05, 0.1) is 35.2 Å². The van der Waals surface area contributed by atoms with Crippen LogP contribution in [-0.2, 0) is 0 Å². The molecular formula is C30H25ClN10O2. The molecule has 0 radical (unpaired) electrons. The first kappa shape index (κ1) is 30.1. The summed E-state index contributed by atoms with van der Waals surface area (Å²) in [4.78, 5) is 47.7. The second-order valence-corrected chi connectivity index (χ2v) is 9.46. The maximum atomic E-state index is 11.8. The minimum absolute atomic E-state index is 0.0909. The second-order valence-electron chi connectivity index (χ2n) is 9.07. The third kappa shape index (κ3) is 6.73. The van der Waals surface area contributed by atoms with Gasteiger partial charge in [-0.15, -0.1) is 6.42 Å². The summed E-state index contributed by atoms with van der Waals surface area (Å²) in [6.07, 6.45) is 9.97. The number of carbonyl (C=O) groups excluding carboxylic acids is 2. The topological polar surface area (TPSA) is 173 Å². The Morgan fingerprint density at radius 2 is 1.28 bits per heavy atom. The van der Waals surface area contributed by atoms with Crippen LogP contribution in [0.5, 0.6) is 0 Å². The van der Waals surface area contributed by atoms with E-state index in [9.17, 15) is 9.59 Å². The molecule has 0 saturated heterocycles. The van der Waals surface area contributed by atoms with Crippen LogP contribution in [0.15, 0.2) is 49.1 Å². The summed E-state index contributed by atoms with van der Waals surface area (Å²) < 4.78 is 3.25. The molecule has 0 aliphatic heterocycles. The maximum Gasteiger partial charge on any atom is 0.285 e. The van der Waals surface area contributed by atoms with E-state index in [2.05, 4.69) is 47.7 Å². The van der Waals surface area contributed by atoms with Crippen molar-refractivity contribution in [1.82, 2.24) is 39.0 Å². The fourth-order valence-corrected chi connectivity index (χ4v) is 4.08. The van der Waals surface area contributed by atoms with Crippen LogP contribution in [-0.4, -0.2) is 50.9 Å². The highest BCUT2D eigenvalue weighted by Gasteiger charge is 2.19. The van der Waals surface area contributed by atoms with Gasteiger partial charge in [0.2, 0.25) is 11.6 Å². The van der Waals surface area contributed by atoms with Crippen molar-refractivity contribution in [3.8, 4) is 35.6 Å². The lowest BCUT2D eigenvalue weighted by atomic mass is 10.3. The third-order valence-electron chi connectivity index (χ3n) is 6.04. The van der Waals surface area contributed by atoms with Gasteiger partial charge in [0.25, 0.3) is 11.8 Å². The number of hydrogen-bond donors (Lipinski definition) is 2. The predicted molar refractivity (Wildman–Crippen MR) is 160 cm³/mol. The molecule has 0 unspecified atom stereocenters. The molecule has 4 N–H and O–H groups in total. The Balaban J connectivity index is 0.000000208. The lowest BCUT2D eigenvalue weighted by Crippen LogP contribution is -2.18. The smallest absolute Gasteiger partial charge is 0.285 e. The van der Waals surface area contributed by atoms with Crippen molar-refractivity contribution in [2.45, 2.75) is 27.7 Å². The van der Waals surface area contributed by atoms with Gasteiger partial charge < -0.3 is 11.5 Å². The molecule has 0 spiro atoms. The molecule has 0 bridgehead atoms. The number of pyridine rings is 2. The van der Waals surface area contributed by atoms with E-state index < -0.39 is 11.8 Å². The summed E-state index contributed by atoms with van der Waals surface area (Å²) in [5, 5.41) is 0.296. The minimum Gasteiger partial charge on any atom is -0.363 e. The molecule has 5 aromatic rings. The third-order valence-corrected chi connectivity index (χ3v) is 6.25. The van der Waals surface area contributed by atoms with Gasteiger partial charge in [-0.05, 0) is 69.7 Å². The number of carbonyl (C=O) groups is 2. The van der Waals surface area contributed by atoms with E-state index in [-0.39, 0.29) is 11.6 Å². The van der Waals surface area contributed by atoms with Crippen LogP contribution in [0, 0.1) is 51.9 Å². The maximum absolute atomic E-state index is 11.8. The predicted octanol–water partition coefficient (Wildman–Crippen LogP) is 2.79. The van der Waals surface area contributed by atoms with Crippen LogP contribution in [0.3, 0.4) is 0 Å². The first-order chi connectivity index (χ1) is 20.5. The Morgan fingerprint density at radius 3 is 1.72 bits per heavy atom. The zero-order valence-electron chi connectivity index (χ0n) is 23.6. The molecule has 0 saturated carbocycles. The first-order valence-corrected chi connectivity index (χ1v) is 13.0. The fourth-order valence-electron chi connectivity index (χ4n) is 3.93. The molecule has 0 fully saturated rings. The number of terminal acetylenes is 1. The molecule has 5 rings (SSSR count). The quantitative estimate of drug-likeness (QED) is 0.237. The summed E-state index contributed by atoms with van der Waals surface area (Å²) in [7, 11) is 0. The molecule has 0 aromatic carbocycles. The number of imidazole rings is 2. The molecule has 12 nitrogen and oxygen atoms in total. The Kier molecular flexibility index (Phi) is 8.94. The van der Waals surface area contributed by atoms with Crippen LogP contribution < -0.4 is 11.5 Å². The van der Waals surface area contributed by atoms with Crippen LogP contribution in [0.4, 0.5) is 0 Å². The van der Waals surface area contributed by atoms with Crippen LogP contribution in [0.25, 0.3) is 11.4 Å². The Bertz CT molecular complexity index is 1940. The Hall–Kier alpha value is -5.85. The number of hydrogen-bond acceptors (Lipinski definition) is 8. The molecule has 2 amide bonds. The van der Waals surface area contributed by atoms with Gasteiger partial charge in [-0.1, -0.05) is 11.6 Å². The molecule has 0 aliphatic rings. The summed E-state index contributed by atoms with van der Waals surface area (Å²) in [5.41, 5.74) is 16.6. The van der Waals surface area contributed by atoms with Gasteiger partial charge in [0.1, 0.15) is 28.6 Å². The number of aromatic nitrogens is 8. The average Bonchev–Trinajstić information content (AvgIpc) is 3.50. The molecular weight excluding hydrogens is 568 g/mol. The van der Waals surface area contributed by atoms with Crippen LogP contribution >= 0.6 is 11.6 Å². The molecule has 0 aliphatic carbocycles. The van der Waals surface area contributed by atoms with Crippen molar-refractivity contribution >= 4 is 23.4 Å². The molecule has 0 atom stereocenters. The lowest BCUT2D eigenvalue weighted by Gasteiger charge is -2.07. The first-order valence-electron chi connectivity index (χ1n) is 12.6. The largest absolute Gasteiger partial charge is 0.363 e. The Labute approximate surface area is 252 Å². The van der Waals surface area contributed by atoms with Crippen LogP contribution in [0.1, 0.15) is 61.1 Å². The number of primary amides is 2. The van der Waals surface area contributed by atoms with Gasteiger partial charge in [-0.3, -0.25) is 28.7 Å². The van der Waals surface area contributed by atoms with Gasteiger partial charge in [-0.25, -0.2) is 19.9 Å². The number of nitrogens with two attached hydrogens (primary N) is 2. The van der Waals surface area contributed by atoms with E-state index in [1.54, 1.807) is 41.4 Å². The van der Waals surface area contributed by atoms with Crippen molar-refractivity contribution in [2.75, 3.05) is 0 Å². The van der Waals surface area contributed by atoms with E-state index in [0.717, 1.165) is 11.4 Å². The number of nitrogens with zero attached hydrogens (tertiary/aromatic N) is 8. The van der Waals surface area contributed by atoms with Crippen molar-refractivity contribution in [3.05, 3.63) is 106 Å². The monoisotopic (exact) mass is 592 g/mol. The molecule has 5 heterocycles. The van der Waals surface area contributed by atoms with Crippen molar-refractivity contribution in [3.63, 3.8) is 0 Å². The SMILES string of the molecule is C#Cc1nc(C(N)=O)n(-c2ccc(C)nc2)c1C.Cc1ccc(-n2c(C(N)=O)nc(C#Cc3cc(Cl)ncn3)c2C)cn1. The zero-order valence-corrected chi connectivity index (χ0v) is 24.4. The van der Waals surface area contributed by atoms with Gasteiger partial charge in [-0.2, -0.15) is 0 Å². The van der Waals surface area contributed by atoms with E-state index in [0.29, 0.717) is 45.0 Å². The molecule has 214 valence electrons. The van der Waals surface area contributed by atoms with Crippen molar-refractivity contribution in [2.24, 2.45) is 11.5 Å². The number of aryl methyl sites for hydroxylation is 2. The molecule has 43 heavy (non-hydrogen) atoms.